The summed E-state index contributed by atoms with van der Waals surface area (Å²) in [6.07, 6.45) is 0. The van der Waals surface area contributed by atoms with E-state index in [4.69, 9.17) is 13.9 Å². The molecule has 0 aliphatic rings. The van der Waals surface area contributed by atoms with Gasteiger partial charge in [-0.1, -0.05) is 24.3 Å². The lowest BCUT2D eigenvalue weighted by atomic mass is 10.2. The maximum atomic E-state index is 12.2. The largest absolute Gasteiger partial charge is 0.492 e. The first-order chi connectivity index (χ1) is 16.9. The Kier molecular flexibility index (Phi) is 7.30. The Morgan fingerprint density at radius 1 is 1.06 bits per heavy atom. The van der Waals surface area contributed by atoms with Gasteiger partial charge in [0.2, 0.25) is 5.91 Å². The van der Waals surface area contributed by atoms with Gasteiger partial charge in [-0.25, -0.2) is 4.79 Å². The Morgan fingerprint density at radius 2 is 1.83 bits per heavy atom. The van der Waals surface area contributed by atoms with Crippen molar-refractivity contribution in [3.05, 3.63) is 83.4 Å². The maximum absolute atomic E-state index is 12.2. The number of para-hydroxylation sites is 1. The Balaban J connectivity index is 1.37. The summed E-state index contributed by atoms with van der Waals surface area (Å²) in [5.74, 6) is 0.147. The number of carbonyl (C=O) groups excluding carboxylic acids is 2. The highest BCUT2D eigenvalue weighted by molar-refractivity contribution is 5.89. The molecule has 4 rings (SSSR count). The lowest BCUT2D eigenvalue weighted by Crippen LogP contribution is -2.32. The monoisotopic (exact) mass is 473 g/mol. The van der Waals surface area contributed by atoms with Gasteiger partial charge in [0.05, 0.1) is 19.2 Å². The predicted octanol–water partition coefficient (Wildman–Crippen LogP) is 5.09. The molecule has 0 unspecified atom stereocenters. The minimum absolute atomic E-state index is 0.0609. The first-order valence-electron chi connectivity index (χ1n) is 11.2. The van der Waals surface area contributed by atoms with E-state index in [0.717, 1.165) is 22.3 Å². The van der Waals surface area contributed by atoms with E-state index in [-0.39, 0.29) is 5.91 Å². The van der Waals surface area contributed by atoms with Gasteiger partial charge in [0, 0.05) is 19.2 Å². The summed E-state index contributed by atoms with van der Waals surface area (Å²) < 4.78 is 16.3. The Bertz CT molecular complexity index is 1330. The maximum Gasteiger partial charge on any atom is 0.337 e. The minimum atomic E-state index is -0.402. The third kappa shape index (κ3) is 5.97. The van der Waals surface area contributed by atoms with Crippen molar-refractivity contribution in [3.8, 4) is 5.75 Å². The average molecular weight is 474 g/mol. The van der Waals surface area contributed by atoms with Crippen molar-refractivity contribution in [1.82, 2.24) is 9.88 Å². The molecule has 0 fully saturated rings. The number of rotatable bonds is 9. The van der Waals surface area contributed by atoms with Gasteiger partial charge in [-0.05, 0) is 60.5 Å². The molecule has 4 aromatic rings. The molecule has 35 heavy (non-hydrogen) atoms. The van der Waals surface area contributed by atoms with E-state index in [1.807, 2.05) is 49.4 Å². The molecule has 3 aromatic carbocycles. The van der Waals surface area contributed by atoms with Crippen molar-refractivity contribution in [3.63, 3.8) is 0 Å². The van der Waals surface area contributed by atoms with Gasteiger partial charge in [0.1, 0.15) is 17.9 Å². The normalized spacial score (nSPS) is 10.7. The first kappa shape index (κ1) is 23.8. The van der Waals surface area contributed by atoms with Crippen molar-refractivity contribution in [2.75, 3.05) is 25.6 Å². The van der Waals surface area contributed by atoms with Crippen LogP contribution in [-0.4, -0.2) is 42.0 Å². The zero-order valence-corrected chi connectivity index (χ0v) is 19.9. The number of oxazole rings is 1. The van der Waals surface area contributed by atoms with Gasteiger partial charge in [0.15, 0.2) is 5.58 Å². The highest BCUT2D eigenvalue weighted by Gasteiger charge is 2.13. The molecule has 1 N–H and O–H groups in total. The minimum Gasteiger partial charge on any atom is -0.492 e. The lowest BCUT2D eigenvalue weighted by molar-refractivity contribution is -0.129. The molecule has 8 heteroatoms. The predicted molar refractivity (Wildman–Crippen MR) is 133 cm³/mol. The van der Waals surface area contributed by atoms with E-state index in [1.54, 1.807) is 29.2 Å². The van der Waals surface area contributed by atoms with Gasteiger partial charge in [0.25, 0.3) is 6.01 Å². The van der Waals surface area contributed by atoms with Crippen LogP contribution < -0.4 is 10.1 Å². The highest BCUT2D eigenvalue weighted by atomic mass is 16.5. The molecular weight excluding hydrogens is 446 g/mol. The highest BCUT2D eigenvalue weighted by Crippen LogP contribution is 2.25. The van der Waals surface area contributed by atoms with Crippen molar-refractivity contribution < 1.29 is 23.5 Å². The van der Waals surface area contributed by atoms with Crippen LogP contribution in [0.2, 0.25) is 0 Å². The second-order valence-corrected chi connectivity index (χ2v) is 8.07. The molecule has 0 saturated carbocycles. The molecule has 1 aromatic heterocycles. The summed E-state index contributed by atoms with van der Waals surface area (Å²) in [7, 11) is 1.34. The number of nitrogens with zero attached hydrogens (tertiary/aromatic N) is 2. The topological polar surface area (TPSA) is 93.9 Å². The second kappa shape index (κ2) is 10.7. The summed E-state index contributed by atoms with van der Waals surface area (Å²) >= 11 is 0. The number of nitrogens with one attached hydrogen (secondary N) is 1. The van der Waals surface area contributed by atoms with Crippen LogP contribution in [0.3, 0.4) is 0 Å². The number of anilines is 2. The molecule has 1 amide bonds. The van der Waals surface area contributed by atoms with Gasteiger partial charge in [-0.2, -0.15) is 4.98 Å². The van der Waals surface area contributed by atoms with E-state index in [2.05, 4.69) is 10.3 Å². The fourth-order valence-electron chi connectivity index (χ4n) is 3.60. The number of carbonyl (C=O) groups is 2. The number of amides is 1. The van der Waals surface area contributed by atoms with Crippen LogP contribution in [0.4, 0.5) is 11.7 Å². The van der Waals surface area contributed by atoms with Gasteiger partial charge >= 0.3 is 5.97 Å². The molecule has 0 aliphatic carbocycles. The number of esters is 1. The Labute approximate surface area is 203 Å². The first-order valence-corrected chi connectivity index (χ1v) is 11.2. The zero-order chi connectivity index (χ0) is 24.8. The molecule has 0 saturated heterocycles. The van der Waals surface area contributed by atoms with Gasteiger partial charge in [-0.15, -0.1) is 0 Å². The summed E-state index contributed by atoms with van der Waals surface area (Å²) in [4.78, 5) is 30.0. The number of benzene rings is 3. The summed E-state index contributed by atoms with van der Waals surface area (Å²) in [6.45, 7) is 4.68. The van der Waals surface area contributed by atoms with E-state index in [1.165, 1.54) is 14.0 Å². The molecule has 180 valence electrons. The Hall–Kier alpha value is -4.33. The quantitative estimate of drug-likeness (QED) is 0.338. The fraction of sp³-hybridized carbons (Fsp3) is 0.222. The third-order valence-corrected chi connectivity index (χ3v) is 5.56. The molecule has 0 radical (unpaired) electrons. The van der Waals surface area contributed by atoms with Crippen LogP contribution in [0.5, 0.6) is 5.75 Å². The van der Waals surface area contributed by atoms with Crippen molar-refractivity contribution in [1.29, 1.82) is 0 Å². The van der Waals surface area contributed by atoms with Crippen LogP contribution in [-0.2, 0) is 16.1 Å². The molecule has 0 spiro atoms. The van der Waals surface area contributed by atoms with E-state index in [9.17, 15) is 9.59 Å². The smallest absolute Gasteiger partial charge is 0.337 e. The van der Waals surface area contributed by atoms with E-state index < -0.39 is 5.97 Å². The summed E-state index contributed by atoms with van der Waals surface area (Å²) in [5.41, 5.74) is 4.78. The molecule has 0 aliphatic heterocycles. The second-order valence-electron chi connectivity index (χ2n) is 8.07. The van der Waals surface area contributed by atoms with Gasteiger partial charge < -0.3 is 24.1 Å². The average Bonchev–Trinajstić information content (AvgIpc) is 3.26. The number of hydrogen-bond donors (Lipinski definition) is 1. The van der Waals surface area contributed by atoms with E-state index in [0.29, 0.717) is 42.6 Å². The van der Waals surface area contributed by atoms with Crippen molar-refractivity contribution >= 4 is 34.7 Å². The zero-order valence-electron chi connectivity index (χ0n) is 19.9. The van der Waals surface area contributed by atoms with Crippen LogP contribution in [0.1, 0.15) is 28.4 Å². The Morgan fingerprint density at radius 3 is 2.54 bits per heavy atom. The fourth-order valence-corrected chi connectivity index (χ4v) is 3.60. The van der Waals surface area contributed by atoms with Crippen LogP contribution >= 0.6 is 0 Å². The summed E-state index contributed by atoms with van der Waals surface area (Å²) in [6, 6.07) is 20.7. The molecule has 0 atom stereocenters. The molecule has 1 heterocycles. The van der Waals surface area contributed by atoms with Crippen molar-refractivity contribution in [2.24, 2.45) is 0 Å². The van der Waals surface area contributed by atoms with Crippen molar-refractivity contribution in [2.45, 2.75) is 20.4 Å². The number of aromatic nitrogens is 1. The molecule has 8 nitrogen and oxygen atoms in total. The van der Waals surface area contributed by atoms with Crippen LogP contribution in [0.25, 0.3) is 11.1 Å². The van der Waals surface area contributed by atoms with Crippen LogP contribution in [0.15, 0.2) is 71.1 Å². The number of ether oxygens (including phenoxy) is 2. The van der Waals surface area contributed by atoms with Crippen LogP contribution in [0, 0.1) is 6.92 Å². The lowest BCUT2D eigenvalue weighted by Gasteiger charge is -2.21. The SMILES string of the molecule is COC(=O)c1ccc(OCCN(Cc2ccc3nc(Nc4ccccc4C)oc3c2)C(C)=O)cc1. The number of aryl methyl sites for hydroxylation is 1. The summed E-state index contributed by atoms with van der Waals surface area (Å²) in [5, 5.41) is 3.21. The van der Waals surface area contributed by atoms with E-state index >= 15 is 0 Å². The molecular formula is C27H27N3O5. The standard InChI is InChI=1S/C27H27N3O5/c1-18-6-4-5-7-23(18)28-27-29-24-13-8-20(16-25(24)35-27)17-30(19(2)31)14-15-34-22-11-9-21(10-12-22)26(32)33-3/h4-13,16H,14-15,17H2,1-3H3,(H,28,29). The third-order valence-electron chi connectivity index (χ3n) is 5.56. The number of hydrogen-bond acceptors (Lipinski definition) is 7. The molecule has 0 bridgehead atoms. The number of fused-ring (bicyclic) bond motifs is 1. The van der Waals surface area contributed by atoms with Gasteiger partial charge in [-0.3, -0.25) is 4.79 Å². The number of methoxy groups -OCH3 is 1.